The van der Waals surface area contributed by atoms with Crippen LogP contribution in [-0.4, -0.2) is 29.5 Å². The third kappa shape index (κ3) is 3.34. The van der Waals surface area contributed by atoms with Crippen molar-refractivity contribution in [1.82, 2.24) is 0 Å². The van der Waals surface area contributed by atoms with E-state index in [0.717, 1.165) is 9.80 Å². The fourth-order valence-electron chi connectivity index (χ4n) is 2.97. The summed E-state index contributed by atoms with van der Waals surface area (Å²) in [6, 6.07) is 12.3. The van der Waals surface area contributed by atoms with E-state index in [1.165, 1.54) is 48.6 Å². The number of hydrogen-bond acceptors (Lipinski definition) is 5. The van der Waals surface area contributed by atoms with Crippen molar-refractivity contribution in [1.29, 1.82) is 0 Å². The molecule has 2 aliphatic heterocycles. The highest BCUT2D eigenvalue weighted by Crippen LogP contribution is 2.23. The summed E-state index contributed by atoms with van der Waals surface area (Å²) in [5.41, 5.74) is 1.59. The zero-order chi connectivity index (χ0) is 20.5. The molecule has 0 atom stereocenters. The van der Waals surface area contributed by atoms with Crippen LogP contribution in [0.5, 0.6) is 0 Å². The Hall–Kier alpha value is -4.33. The van der Waals surface area contributed by atoms with E-state index in [-0.39, 0.29) is 0 Å². The molecule has 0 bridgehead atoms. The van der Waals surface area contributed by atoms with Crippen molar-refractivity contribution >= 4 is 46.6 Å². The molecule has 2 aliphatic rings. The zero-order valence-corrected chi connectivity index (χ0v) is 14.9. The van der Waals surface area contributed by atoms with Gasteiger partial charge in [-0.1, -0.05) is 0 Å². The molecular weight excluding hydrogens is 374 g/mol. The topological polar surface area (TPSA) is 104 Å². The molecule has 2 aromatic rings. The molecule has 0 spiro atoms. The molecule has 0 radical (unpaired) electrons. The number of imide groups is 2. The van der Waals surface area contributed by atoms with Gasteiger partial charge in [0.25, 0.3) is 29.5 Å². The van der Waals surface area contributed by atoms with Gasteiger partial charge in [0.15, 0.2) is 0 Å². The Balaban J connectivity index is 1.44. The predicted molar refractivity (Wildman–Crippen MR) is 104 cm³/mol. The van der Waals surface area contributed by atoms with E-state index in [9.17, 15) is 24.0 Å². The first kappa shape index (κ1) is 18.1. The maximum atomic E-state index is 12.4. The second-order valence-electron chi connectivity index (χ2n) is 6.24. The van der Waals surface area contributed by atoms with Crippen LogP contribution in [0.1, 0.15) is 10.4 Å². The zero-order valence-electron chi connectivity index (χ0n) is 14.9. The van der Waals surface area contributed by atoms with Crippen LogP contribution in [0.2, 0.25) is 0 Å². The number of amides is 5. The number of anilines is 3. The number of rotatable bonds is 4. The Morgan fingerprint density at radius 2 is 0.966 bits per heavy atom. The lowest BCUT2D eigenvalue weighted by Crippen LogP contribution is -2.29. The van der Waals surface area contributed by atoms with Crippen LogP contribution >= 0.6 is 0 Å². The van der Waals surface area contributed by atoms with Gasteiger partial charge in [0.05, 0.1) is 11.4 Å². The Morgan fingerprint density at radius 3 is 1.38 bits per heavy atom. The first-order valence-electron chi connectivity index (χ1n) is 8.58. The minimum atomic E-state index is -0.433. The summed E-state index contributed by atoms with van der Waals surface area (Å²) >= 11 is 0. The van der Waals surface area contributed by atoms with Crippen LogP contribution in [0.4, 0.5) is 17.1 Å². The molecule has 0 saturated heterocycles. The molecule has 2 aromatic carbocycles. The van der Waals surface area contributed by atoms with E-state index in [0.29, 0.717) is 22.6 Å². The van der Waals surface area contributed by atoms with Gasteiger partial charge in [-0.2, -0.15) is 0 Å². The fraction of sp³-hybridized carbons (Fsp3) is 0. The summed E-state index contributed by atoms with van der Waals surface area (Å²) in [5.74, 6) is -2.10. The largest absolute Gasteiger partial charge is 0.322 e. The highest BCUT2D eigenvalue weighted by atomic mass is 16.2. The van der Waals surface area contributed by atoms with E-state index in [1.807, 2.05) is 0 Å². The summed E-state index contributed by atoms with van der Waals surface area (Å²) in [4.78, 5) is 61.2. The lowest BCUT2D eigenvalue weighted by atomic mass is 10.1. The number of carbonyl (C=O) groups is 5. The van der Waals surface area contributed by atoms with Crippen molar-refractivity contribution in [2.45, 2.75) is 0 Å². The lowest BCUT2D eigenvalue weighted by molar-refractivity contribution is -0.121. The molecule has 2 heterocycles. The van der Waals surface area contributed by atoms with Gasteiger partial charge in [0, 0.05) is 35.6 Å². The normalized spacial score (nSPS) is 15.6. The minimum absolute atomic E-state index is 0.332. The quantitative estimate of drug-likeness (QED) is 0.806. The maximum absolute atomic E-state index is 12.4. The molecule has 4 rings (SSSR count). The number of carbonyl (C=O) groups excluding carboxylic acids is 5. The van der Waals surface area contributed by atoms with Crippen molar-refractivity contribution in [3.63, 3.8) is 0 Å². The molecule has 142 valence electrons. The Morgan fingerprint density at radius 1 is 0.586 bits per heavy atom. The second-order valence-corrected chi connectivity index (χ2v) is 6.24. The van der Waals surface area contributed by atoms with Crippen LogP contribution in [-0.2, 0) is 19.2 Å². The van der Waals surface area contributed by atoms with Gasteiger partial charge in [-0.25, -0.2) is 9.80 Å². The predicted octanol–water partition coefficient (Wildman–Crippen LogP) is 1.80. The molecule has 5 amide bonds. The average Bonchev–Trinajstić information content (AvgIpc) is 3.23. The molecular formula is C21H13N3O5. The van der Waals surface area contributed by atoms with Crippen LogP contribution < -0.4 is 15.1 Å². The maximum Gasteiger partial charge on any atom is 0.258 e. The average molecular weight is 387 g/mol. The molecule has 0 aliphatic carbocycles. The Kier molecular flexibility index (Phi) is 4.36. The van der Waals surface area contributed by atoms with E-state index in [1.54, 1.807) is 24.3 Å². The van der Waals surface area contributed by atoms with Crippen molar-refractivity contribution in [3.8, 4) is 0 Å². The van der Waals surface area contributed by atoms with Gasteiger partial charge in [-0.05, 0) is 48.5 Å². The molecule has 0 unspecified atom stereocenters. The highest BCUT2D eigenvalue weighted by molar-refractivity contribution is 6.28. The second kappa shape index (κ2) is 7.01. The van der Waals surface area contributed by atoms with Gasteiger partial charge in [-0.3, -0.25) is 24.0 Å². The van der Waals surface area contributed by atoms with Crippen molar-refractivity contribution in [2.24, 2.45) is 0 Å². The van der Waals surface area contributed by atoms with Crippen molar-refractivity contribution in [2.75, 3.05) is 15.1 Å². The number of benzene rings is 2. The summed E-state index contributed by atoms with van der Waals surface area (Å²) in [6.45, 7) is 0. The van der Waals surface area contributed by atoms with Gasteiger partial charge < -0.3 is 5.32 Å². The van der Waals surface area contributed by atoms with E-state index < -0.39 is 29.5 Å². The first-order chi connectivity index (χ1) is 13.9. The lowest BCUT2D eigenvalue weighted by Gasteiger charge is -2.15. The molecule has 29 heavy (non-hydrogen) atoms. The summed E-state index contributed by atoms with van der Waals surface area (Å²) in [6.07, 6.45) is 4.76. The molecule has 0 fully saturated rings. The Labute approximate surface area is 164 Å². The monoisotopic (exact) mass is 387 g/mol. The van der Waals surface area contributed by atoms with E-state index >= 15 is 0 Å². The van der Waals surface area contributed by atoms with Crippen LogP contribution in [0, 0.1) is 0 Å². The van der Waals surface area contributed by atoms with Gasteiger partial charge in [0.2, 0.25) is 0 Å². The molecule has 1 N–H and O–H groups in total. The Bertz CT molecular complexity index is 1080. The molecule has 0 aromatic heterocycles. The smallest absolute Gasteiger partial charge is 0.258 e. The number of hydrogen-bond donors (Lipinski definition) is 1. The van der Waals surface area contributed by atoms with Crippen molar-refractivity contribution in [3.05, 3.63) is 78.4 Å². The third-order valence-electron chi connectivity index (χ3n) is 4.39. The number of nitrogens with zero attached hydrogens (tertiary/aromatic N) is 2. The van der Waals surface area contributed by atoms with E-state index in [4.69, 9.17) is 0 Å². The van der Waals surface area contributed by atoms with Crippen LogP contribution in [0.25, 0.3) is 0 Å². The van der Waals surface area contributed by atoms with Gasteiger partial charge in [0.1, 0.15) is 0 Å². The summed E-state index contributed by atoms with van der Waals surface area (Å²) < 4.78 is 0. The van der Waals surface area contributed by atoms with E-state index in [2.05, 4.69) is 5.32 Å². The summed E-state index contributed by atoms with van der Waals surface area (Å²) in [5, 5.41) is 2.70. The SMILES string of the molecule is O=C(Nc1ccc(N2C(=O)C=CC2=O)cc1)c1ccc(N2C(=O)C=CC2=O)cc1. The third-order valence-corrected chi connectivity index (χ3v) is 4.39. The standard InChI is InChI=1S/C21H13N3O5/c25-17-9-10-18(26)23(17)15-5-1-13(2-6-15)21(29)22-14-3-7-16(8-4-14)24-19(27)11-12-20(24)28/h1-12H,(H,22,29). The van der Waals surface area contributed by atoms with Gasteiger partial charge >= 0.3 is 0 Å². The number of nitrogens with one attached hydrogen (secondary N) is 1. The minimum Gasteiger partial charge on any atom is -0.322 e. The van der Waals surface area contributed by atoms with Crippen molar-refractivity contribution < 1.29 is 24.0 Å². The summed E-state index contributed by atoms with van der Waals surface area (Å²) in [7, 11) is 0. The highest BCUT2D eigenvalue weighted by Gasteiger charge is 2.26. The molecule has 0 saturated carbocycles. The first-order valence-corrected chi connectivity index (χ1v) is 8.58. The molecule has 8 heteroatoms. The van der Waals surface area contributed by atoms with Gasteiger partial charge in [-0.15, -0.1) is 0 Å². The van der Waals surface area contributed by atoms with Crippen LogP contribution in [0.3, 0.4) is 0 Å². The van der Waals surface area contributed by atoms with Crippen LogP contribution in [0.15, 0.2) is 72.8 Å². The molecule has 8 nitrogen and oxygen atoms in total. The fourth-order valence-corrected chi connectivity index (χ4v) is 2.97.